The summed E-state index contributed by atoms with van der Waals surface area (Å²) >= 11 is 0. The Morgan fingerprint density at radius 1 is 1.43 bits per heavy atom. The van der Waals surface area contributed by atoms with Crippen molar-refractivity contribution in [2.24, 2.45) is 10.9 Å². The van der Waals surface area contributed by atoms with Gasteiger partial charge >= 0.3 is 0 Å². The Morgan fingerprint density at radius 3 is 2.78 bits per heavy atom. The fraction of sp³-hybridized carbons (Fsp3) is 0.765. The molecule has 1 aliphatic rings. The Hall–Kier alpha value is -1.56. The van der Waals surface area contributed by atoms with E-state index in [-0.39, 0.29) is 5.41 Å². The number of guanidine groups is 1. The molecular formula is C17H31N5O. The van der Waals surface area contributed by atoms with E-state index in [1.54, 1.807) is 7.05 Å². The standard InChI is InChI=1S/C17H31N5O/c1-6-22-8-7-13(12-22)9-20-16(18-5)21-11-15-19-10-14(23-15)17(2,3)4/h10,13H,6-9,11-12H2,1-5H3,(H2,18,20,21). The lowest BCUT2D eigenvalue weighted by Crippen LogP contribution is -2.40. The summed E-state index contributed by atoms with van der Waals surface area (Å²) in [6.45, 7) is 13.6. The highest BCUT2D eigenvalue weighted by Crippen LogP contribution is 2.22. The highest BCUT2D eigenvalue weighted by Gasteiger charge is 2.21. The summed E-state index contributed by atoms with van der Waals surface area (Å²) in [7, 11) is 1.79. The largest absolute Gasteiger partial charge is 0.443 e. The smallest absolute Gasteiger partial charge is 0.213 e. The molecule has 2 heterocycles. The first kappa shape index (κ1) is 17.8. The summed E-state index contributed by atoms with van der Waals surface area (Å²) in [4.78, 5) is 11.1. The van der Waals surface area contributed by atoms with E-state index in [4.69, 9.17) is 4.42 Å². The summed E-state index contributed by atoms with van der Waals surface area (Å²) in [6.07, 6.45) is 3.07. The van der Waals surface area contributed by atoms with E-state index in [9.17, 15) is 0 Å². The molecule has 1 aromatic heterocycles. The lowest BCUT2D eigenvalue weighted by Gasteiger charge is -2.16. The molecule has 1 fully saturated rings. The van der Waals surface area contributed by atoms with Crippen LogP contribution in [0.15, 0.2) is 15.6 Å². The van der Waals surface area contributed by atoms with Gasteiger partial charge in [-0.2, -0.15) is 0 Å². The van der Waals surface area contributed by atoms with Gasteiger partial charge in [-0.1, -0.05) is 27.7 Å². The minimum absolute atomic E-state index is 0.0151. The molecule has 23 heavy (non-hydrogen) atoms. The van der Waals surface area contributed by atoms with E-state index in [1.165, 1.54) is 19.5 Å². The number of rotatable bonds is 5. The topological polar surface area (TPSA) is 65.7 Å². The fourth-order valence-corrected chi connectivity index (χ4v) is 2.73. The third-order valence-electron chi connectivity index (χ3n) is 4.30. The van der Waals surface area contributed by atoms with Gasteiger partial charge in [0.25, 0.3) is 0 Å². The number of oxazole rings is 1. The van der Waals surface area contributed by atoms with Gasteiger partial charge in [0.2, 0.25) is 5.89 Å². The van der Waals surface area contributed by atoms with Crippen molar-refractivity contribution >= 4 is 5.96 Å². The summed E-state index contributed by atoms with van der Waals surface area (Å²) in [5, 5.41) is 6.67. The van der Waals surface area contributed by atoms with E-state index in [2.05, 4.69) is 53.2 Å². The van der Waals surface area contributed by atoms with Crippen LogP contribution in [0, 0.1) is 5.92 Å². The van der Waals surface area contributed by atoms with Crippen molar-refractivity contribution in [3.63, 3.8) is 0 Å². The second kappa shape index (κ2) is 7.81. The average Bonchev–Trinajstić information content (AvgIpc) is 3.15. The van der Waals surface area contributed by atoms with Gasteiger partial charge in [-0.05, 0) is 25.4 Å². The normalized spacial score (nSPS) is 20.0. The van der Waals surface area contributed by atoms with Crippen molar-refractivity contribution in [1.82, 2.24) is 20.5 Å². The minimum Gasteiger partial charge on any atom is -0.443 e. The molecule has 1 atom stereocenters. The SMILES string of the molecule is CCN1CCC(CNC(=NC)NCc2ncc(C(C)(C)C)o2)C1. The maximum absolute atomic E-state index is 5.79. The predicted molar refractivity (Wildman–Crippen MR) is 93.6 cm³/mol. The molecule has 6 heteroatoms. The van der Waals surface area contributed by atoms with Gasteiger partial charge in [0.15, 0.2) is 5.96 Å². The van der Waals surface area contributed by atoms with Crippen LogP contribution in [-0.4, -0.2) is 49.1 Å². The van der Waals surface area contributed by atoms with Crippen molar-refractivity contribution in [3.8, 4) is 0 Å². The van der Waals surface area contributed by atoms with Crippen LogP contribution in [-0.2, 0) is 12.0 Å². The van der Waals surface area contributed by atoms with Crippen molar-refractivity contribution in [2.75, 3.05) is 33.2 Å². The molecule has 2 N–H and O–H groups in total. The molecule has 0 spiro atoms. The van der Waals surface area contributed by atoms with Crippen LogP contribution in [0.2, 0.25) is 0 Å². The van der Waals surface area contributed by atoms with E-state index in [1.807, 2.05) is 6.20 Å². The number of aliphatic imine (C=N–C) groups is 1. The molecular weight excluding hydrogens is 290 g/mol. The molecule has 1 unspecified atom stereocenters. The first-order valence-corrected chi connectivity index (χ1v) is 8.54. The fourth-order valence-electron chi connectivity index (χ4n) is 2.73. The molecule has 0 amide bonds. The Bertz CT molecular complexity index is 517. The average molecular weight is 321 g/mol. The van der Waals surface area contributed by atoms with Crippen LogP contribution in [0.3, 0.4) is 0 Å². The summed E-state index contributed by atoms with van der Waals surface area (Å²) in [5.41, 5.74) is -0.0151. The first-order valence-electron chi connectivity index (χ1n) is 8.54. The number of nitrogens with zero attached hydrogens (tertiary/aromatic N) is 3. The van der Waals surface area contributed by atoms with E-state index in [0.717, 1.165) is 24.8 Å². The van der Waals surface area contributed by atoms with Gasteiger partial charge in [0.05, 0.1) is 12.7 Å². The van der Waals surface area contributed by atoms with Crippen molar-refractivity contribution in [1.29, 1.82) is 0 Å². The molecule has 6 nitrogen and oxygen atoms in total. The molecule has 1 aliphatic heterocycles. The van der Waals surface area contributed by atoms with Crippen LogP contribution in [0.1, 0.15) is 45.8 Å². The van der Waals surface area contributed by atoms with Gasteiger partial charge in [-0.3, -0.25) is 4.99 Å². The zero-order valence-electron chi connectivity index (χ0n) is 15.1. The molecule has 2 rings (SSSR count). The third-order valence-corrected chi connectivity index (χ3v) is 4.30. The van der Waals surface area contributed by atoms with Crippen LogP contribution in [0.5, 0.6) is 0 Å². The first-order chi connectivity index (χ1) is 10.9. The van der Waals surface area contributed by atoms with Crippen LogP contribution in [0.25, 0.3) is 0 Å². The van der Waals surface area contributed by atoms with Gasteiger partial charge in [0.1, 0.15) is 5.76 Å². The molecule has 1 saturated heterocycles. The lowest BCUT2D eigenvalue weighted by molar-refractivity contribution is 0.341. The van der Waals surface area contributed by atoms with Gasteiger partial charge < -0.3 is 20.0 Å². The van der Waals surface area contributed by atoms with E-state index < -0.39 is 0 Å². The summed E-state index contributed by atoms with van der Waals surface area (Å²) in [5.74, 6) is 3.09. The maximum atomic E-state index is 5.79. The minimum atomic E-state index is -0.0151. The number of aromatic nitrogens is 1. The zero-order chi connectivity index (χ0) is 16.9. The van der Waals surface area contributed by atoms with E-state index in [0.29, 0.717) is 18.4 Å². The number of hydrogen-bond donors (Lipinski definition) is 2. The number of hydrogen-bond acceptors (Lipinski definition) is 4. The Labute approximate surface area is 139 Å². The van der Waals surface area contributed by atoms with Gasteiger partial charge in [-0.15, -0.1) is 0 Å². The molecule has 0 aliphatic carbocycles. The molecule has 130 valence electrons. The number of likely N-dealkylation sites (tertiary alicyclic amines) is 1. The highest BCUT2D eigenvalue weighted by molar-refractivity contribution is 5.79. The zero-order valence-corrected chi connectivity index (χ0v) is 15.1. The monoisotopic (exact) mass is 321 g/mol. The number of nitrogens with one attached hydrogen (secondary N) is 2. The van der Waals surface area contributed by atoms with Gasteiger partial charge in [0, 0.05) is 25.6 Å². The second-order valence-corrected chi connectivity index (χ2v) is 7.22. The quantitative estimate of drug-likeness (QED) is 0.641. The van der Waals surface area contributed by atoms with Gasteiger partial charge in [-0.25, -0.2) is 4.98 Å². The lowest BCUT2D eigenvalue weighted by atomic mass is 9.94. The Kier molecular flexibility index (Phi) is 6.04. The summed E-state index contributed by atoms with van der Waals surface area (Å²) in [6, 6.07) is 0. The molecule has 0 aromatic carbocycles. The Balaban J connectivity index is 1.76. The van der Waals surface area contributed by atoms with Crippen LogP contribution >= 0.6 is 0 Å². The highest BCUT2D eigenvalue weighted by atomic mass is 16.4. The maximum Gasteiger partial charge on any atom is 0.213 e. The van der Waals surface area contributed by atoms with Crippen molar-refractivity contribution in [2.45, 2.75) is 46.1 Å². The predicted octanol–water partition coefficient (Wildman–Crippen LogP) is 1.98. The van der Waals surface area contributed by atoms with Crippen molar-refractivity contribution < 1.29 is 4.42 Å². The molecule has 0 radical (unpaired) electrons. The second-order valence-electron chi connectivity index (χ2n) is 7.22. The van der Waals surface area contributed by atoms with E-state index >= 15 is 0 Å². The molecule has 0 saturated carbocycles. The molecule has 0 bridgehead atoms. The van der Waals surface area contributed by atoms with Crippen molar-refractivity contribution in [3.05, 3.63) is 17.8 Å². The van der Waals surface area contributed by atoms with Crippen LogP contribution in [0.4, 0.5) is 0 Å². The Morgan fingerprint density at radius 2 is 2.22 bits per heavy atom. The van der Waals surface area contributed by atoms with Crippen LogP contribution < -0.4 is 10.6 Å². The summed E-state index contributed by atoms with van der Waals surface area (Å²) < 4.78 is 5.79. The third kappa shape index (κ3) is 5.23. The molecule has 1 aromatic rings.